The summed E-state index contributed by atoms with van der Waals surface area (Å²) in [7, 11) is 0. The fourth-order valence-electron chi connectivity index (χ4n) is 1.68. The number of hydrogen-bond acceptors (Lipinski definition) is 3. The van der Waals surface area contributed by atoms with Crippen molar-refractivity contribution in [3.05, 3.63) is 58.6 Å². The van der Waals surface area contributed by atoms with Gasteiger partial charge in [-0.3, -0.25) is 14.8 Å². The highest BCUT2D eigenvalue weighted by molar-refractivity contribution is 9.10. The van der Waals surface area contributed by atoms with E-state index >= 15 is 0 Å². The Bertz CT molecular complexity index is 528. The van der Waals surface area contributed by atoms with Crippen molar-refractivity contribution < 1.29 is 4.79 Å². The number of Topliss-reactive ketones (excluding diaryl/α,β-unsaturated/α-hetero) is 1. The second-order valence-corrected chi connectivity index (χ2v) is 4.96. The van der Waals surface area contributed by atoms with E-state index in [1.54, 1.807) is 18.6 Å². The number of nitrogens with zero attached hydrogens (tertiary/aromatic N) is 2. The lowest BCUT2D eigenvalue weighted by Crippen LogP contribution is -2.05. The molecule has 0 aromatic carbocycles. The van der Waals surface area contributed by atoms with Crippen molar-refractivity contribution in [2.75, 3.05) is 0 Å². The van der Waals surface area contributed by atoms with Crippen molar-refractivity contribution in [3.8, 4) is 0 Å². The molecule has 0 atom stereocenters. The molecule has 0 aliphatic heterocycles. The number of hydrogen-bond donors (Lipinski definition) is 0. The van der Waals surface area contributed by atoms with Gasteiger partial charge in [0.25, 0.3) is 0 Å². The Morgan fingerprint density at radius 3 is 2.89 bits per heavy atom. The number of halogens is 1. The number of pyridine rings is 2. The molecular formula is C14H13BrN2O. The predicted molar refractivity (Wildman–Crippen MR) is 73.2 cm³/mol. The molecule has 0 bridgehead atoms. The molecule has 2 aromatic rings. The van der Waals surface area contributed by atoms with Crippen LogP contribution in [0.15, 0.2) is 47.3 Å². The van der Waals surface area contributed by atoms with Gasteiger partial charge in [-0.1, -0.05) is 6.07 Å². The van der Waals surface area contributed by atoms with Crippen molar-refractivity contribution in [1.82, 2.24) is 9.97 Å². The van der Waals surface area contributed by atoms with E-state index < -0.39 is 0 Å². The maximum Gasteiger partial charge on any atom is 0.137 e. The molecule has 0 radical (unpaired) electrons. The van der Waals surface area contributed by atoms with Gasteiger partial charge in [0, 0.05) is 41.6 Å². The molecule has 3 nitrogen and oxygen atoms in total. The van der Waals surface area contributed by atoms with Crippen molar-refractivity contribution in [2.24, 2.45) is 0 Å². The van der Waals surface area contributed by atoms with Gasteiger partial charge in [-0.25, -0.2) is 0 Å². The van der Waals surface area contributed by atoms with Crippen LogP contribution >= 0.6 is 15.9 Å². The van der Waals surface area contributed by atoms with Gasteiger partial charge in [-0.15, -0.1) is 0 Å². The number of aryl methyl sites for hydroxylation is 1. The zero-order valence-corrected chi connectivity index (χ0v) is 11.4. The highest BCUT2D eigenvalue weighted by Crippen LogP contribution is 2.11. The van der Waals surface area contributed by atoms with Gasteiger partial charge < -0.3 is 0 Å². The van der Waals surface area contributed by atoms with Crippen LogP contribution in [0.25, 0.3) is 0 Å². The molecule has 18 heavy (non-hydrogen) atoms. The first-order valence-corrected chi connectivity index (χ1v) is 6.54. The number of ketones is 1. The van der Waals surface area contributed by atoms with Crippen LogP contribution in [0.4, 0.5) is 0 Å². The molecule has 2 heterocycles. The third-order valence-corrected chi connectivity index (χ3v) is 2.98. The molecule has 4 heteroatoms. The van der Waals surface area contributed by atoms with Crippen molar-refractivity contribution in [2.45, 2.75) is 19.3 Å². The number of rotatable bonds is 5. The van der Waals surface area contributed by atoms with E-state index in [0.717, 1.165) is 15.7 Å². The van der Waals surface area contributed by atoms with Crippen LogP contribution in [0.1, 0.15) is 17.7 Å². The molecule has 0 fully saturated rings. The summed E-state index contributed by atoms with van der Waals surface area (Å²) in [6.45, 7) is 0. The Hall–Kier alpha value is -1.55. The van der Waals surface area contributed by atoms with E-state index in [2.05, 4.69) is 25.9 Å². The smallest absolute Gasteiger partial charge is 0.137 e. The monoisotopic (exact) mass is 304 g/mol. The van der Waals surface area contributed by atoms with Gasteiger partial charge >= 0.3 is 0 Å². The molecule has 0 amide bonds. The lowest BCUT2D eigenvalue weighted by atomic mass is 10.1. The molecule has 0 spiro atoms. The normalized spacial score (nSPS) is 10.3. The fraction of sp³-hybridized carbons (Fsp3) is 0.214. The molecule has 2 aromatic heterocycles. The zero-order chi connectivity index (χ0) is 12.8. The maximum absolute atomic E-state index is 11.8. The molecule has 0 unspecified atom stereocenters. The fourth-order valence-corrected chi connectivity index (χ4v) is 2.09. The summed E-state index contributed by atoms with van der Waals surface area (Å²) in [6, 6.07) is 7.67. The standard InChI is InChI=1S/C14H13BrN2O/c15-12-7-11(9-16-10-12)8-14(18)5-4-13-3-1-2-6-17-13/h1-3,6-7,9-10H,4-5,8H2. The van der Waals surface area contributed by atoms with E-state index in [1.807, 2.05) is 24.3 Å². The van der Waals surface area contributed by atoms with Gasteiger partial charge in [-0.05, 0) is 46.1 Å². The molecule has 92 valence electrons. The van der Waals surface area contributed by atoms with Crippen LogP contribution in [0.3, 0.4) is 0 Å². The van der Waals surface area contributed by atoms with E-state index in [-0.39, 0.29) is 5.78 Å². The maximum atomic E-state index is 11.8. The lowest BCUT2D eigenvalue weighted by molar-refractivity contribution is -0.118. The number of aromatic nitrogens is 2. The van der Waals surface area contributed by atoms with Gasteiger partial charge in [0.15, 0.2) is 0 Å². The Labute approximate surface area is 114 Å². The van der Waals surface area contributed by atoms with E-state index in [0.29, 0.717) is 19.3 Å². The molecular weight excluding hydrogens is 292 g/mol. The topological polar surface area (TPSA) is 42.9 Å². The second kappa shape index (κ2) is 6.40. The average Bonchev–Trinajstić information content (AvgIpc) is 2.38. The van der Waals surface area contributed by atoms with Crippen LogP contribution < -0.4 is 0 Å². The number of carbonyl (C=O) groups excluding carboxylic acids is 1. The molecule has 2 rings (SSSR count). The molecule has 0 N–H and O–H groups in total. The van der Waals surface area contributed by atoms with Gasteiger partial charge in [0.1, 0.15) is 5.78 Å². The minimum atomic E-state index is 0.209. The predicted octanol–water partition coefficient (Wildman–Crippen LogP) is 2.98. The summed E-state index contributed by atoms with van der Waals surface area (Å²) in [5.41, 5.74) is 1.90. The quantitative estimate of drug-likeness (QED) is 0.853. The highest BCUT2D eigenvalue weighted by atomic mass is 79.9. The molecule has 0 aliphatic rings. The lowest BCUT2D eigenvalue weighted by Gasteiger charge is -2.02. The van der Waals surface area contributed by atoms with Gasteiger partial charge in [-0.2, -0.15) is 0 Å². The van der Waals surface area contributed by atoms with Crippen LogP contribution in [0, 0.1) is 0 Å². The van der Waals surface area contributed by atoms with Crippen molar-refractivity contribution in [3.63, 3.8) is 0 Å². The van der Waals surface area contributed by atoms with Crippen molar-refractivity contribution >= 4 is 21.7 Å². The van der Waals surface area contributed by atoms with Crippen LogP contribution in [0.2, 0.25) is 0 Å². The third-order valence-electron chi connectivity index (χ3n) is 2.55. The molecule has 0 saturated carbocycles. The van der Waals surface area contributed by atoms with Crippen molar-refractivity contribution in [1.29, 1.82) is 0 Å². The summed E-state index contributed by atoms with van der Waals surface area (Å²) in [5.74, 6) is 0.209. The molecule has 0 saturated heterocycles. The summed E-state index contributed by atoms with van der Waals surface area (Å²) >= 11 is 3.34. The summed E-state index contributed by atoms with van der Waals surface area (Å²) < 4.78 is 0.900. The summed E-state index contributed by atoms with van der Waals surface area (Å²) in [5, 5.41) is 0. The second-order valence-electron chi connectivity index (χ2n) is 4.05. The van der Waals surface area contributed by atoms with Crippen LogP contribution in [-0.2, 0) is 17.6 Å². The largest absolute Gasteiger partial charge is 0.299 e. The zero-order valence-electron chi connectivity index (χ0n) is 9.84. The van der Waals surface area contributed by atoms with E-state index in [4.69, 9.17) is 0 Å². The average molecular weight is 305 g/mol. The first-order valence-electron chi connectivity index (χ1n) is 5.75. The Balaban J connectivity index is 1.86. The molecule has 0 aliphatic carbocycles. The Morgan fingerprint density at radius 1 is 1.28 bits per heavy atom. The van der Waals surface area contributed by atoms with Crippen LogP contribution in [0.5, 0.6) is 0 Å². The SMILES string of the molecule is O=C(CCc1ccccn1)Cc1cncc(Br)c1. The Morgan fingerprint density at radius 2 is 2.17 bits per heavy atom. The minimum Gasteiger partial charge on any atom is -0.299 e. The van der Waals surface area contributed by atoms with Gasteiger partial charge in [0.2, 0.25) is 0 Å². The Kier molecular flexibility index (Phi) is 4.59. The third kappa shape index (κ3) is 4.04. The summed E-state index contributed by atoms with van der Waals surface area (Å²) in [4.78, 5) is 20.1. The summed E-state index contributed by atoms with van der Waals surface area (Å²) in [6.07, 6.45) is 6.83. The van der Waals surface area contributed by atoms with E-state index in [9.17, 15) is 4.79 Å². The van der Waals surface area contributed by atoms with Gasteiger partial charge in [0.05, 0.1) is 0 Å². The number of carbonyl (C=O) groups is 1. The van der Waals surface area contributed by atoms with Crippen LogP contribution in [-0.4, -0.2) is 15.8 Å². The van der Waals surface area contributed by atoms with E-state index in [1.165, 1.54) is 0 Å². The first kappa shape index (κ1) is 12.9. The minimum absolute atomic E-state index is 0.209. The highest BCUT2D eigenvalue weighted by Gasteiger charge is 2.05. The first-order chi connectivity index (χ1) is 8.74.